The monoisotopic (exact) mass is 425 g/mol. The van der Waals surface area contributed by atoms with Crippen LogP contribution in [-0.4, -0.2) is 25.4 Å². The standard InChI is InChI=1S/C24H19N5OS/c25-24(31)29-21(15-20(27-29)16-9-3-1-4-10-16)22-26-19-14-8-7-13-18(19)23(30)28(22)17-11-5-2-6-12-17/h1-14,21H,15H2,(H2,25,31). The molecule has 5 rings (SSSR count). The van der Waals surface area contributed by atoms with E-state index in [-0.39, 0.29) is 10.7 Å². The molecule has 0 fully saturated rings. The Labute approximate surface area is 184 Å². The molecule has 0 amide bonds. The third-order valence-electron chi connectivity index (χ3n) is 5.36. The lowest BCUT2D eigenvalue weighted by Crippen LogP contribution is -2.35. The zero-order valence-electron chi connectivity index (χ0n) is 16.6. The number of hydrazone groups is 1. The summed E-state index contributed by atoms with van der Waals surface area (Å²) in [5.74, 6) is 0.553. The van der Waals surface area contributed by atoms with Gasteiger partial charge in [-0.05, 0) is 42.0 Å². The smallest absolute Gasteiger partial charge is 0.266 e. The van der Waals surface area contributed by atoms with Crippen molar-refractivity contribution in [3.05, 3.63) is 107 Å². The molecule has 4 aromatic rings. The van der Waals surface area contributed by atoms with Crippen LogP contribution in [0.15, 0.2) is 94.8 Å². The summed E-state index contributed by atoms with van der Waals surface area (Å²) in [5.41, 5.74) is 9.10. The number of benzene rings is 3. The number of aromatic nitrogens is 2. The Morgan fingerprint density at radius 3 is 2.29 bits per heavy atom. The van der Waals surface area contributed by atoms with Gasteiger partial charge in [-0.15, -0.1) is 0 Å². The summed E-state index contributed by atoms with van der Waals surface area (Å²) in [6.45, 7) is 0. The van der Waals surface area contributed by atoms with Gasteiger partial charge in [0.15, 0.2) is 5.11 Å². The van der Waals surface area contributed by atoms with E-state index >= 15 is 0 Å². The van der Waals surface area contributed by atoms with Crippen molar-refractivity contribution < 1.29 is 0 Å². The first-order valence-corrected chi connectivity index (χ1v) is 10.3. The molecule has 0 spiro atoms. The average molecular weight is 426 g/mol. The fourth-order valence-electron chi connectivity index (χ4n) is 3.92. The van der Waals surface area contributed by atoms with E-state index < -0.39 is 6.04 Å². The summed E-state index contributed by atoms with van der Waals surface area (Å²) >= 11 is 5.31. The Bertz CT molecular complexity index is 1370. The minimum atomic E-state index is -0.398. The molecule has 1 aromatic heterocycles. The van der Waals surface area contributed by atoms with Crippen molar-refractivity contribution in [2.75, 3.05) is 0 Å². The Hall–Kier alpha value is -3.84. The number of hydrogen-bond acceptors (Lipinski definition) is 4. The van der Waals surface area contributed by atoms with Crippen molar-refractivity contribution in [2.24, 2.45) is 10.8 Å². The van der Waals surface area contributed by atoms with E-state index in [0.29, 0.717) is 23.1 Å². The van der Waals surface area contributed by atoms with Crippen LogP contribution < -0.4 is 11.3 Å². The summed E-state index contributed by atoms with van der Waals surface area (Å²) in [6, 6.07) is 26.3. The van der Waals surface area contributed by atoms with Gasteiger partial charge in [-0.1, -0.05) is 60.7 Å². The Morgan fingerprint density at radius 1 is 0.935 bits per heavy atom. The topological polar surface area (TPSA) is 76.5 Å². The molecule has 0 aliphatic carbocycles. The van der Waals surface area contributed by atoms with E-state index in [0.717, 1.165) is 17.0 Å². The van der Waals surface area contributed by atoms with Gasteiger partial charge in [0, 0.05) is 6.42 Å². The maximum Gasteiger partial charge on any atom is 0.266 e. The van der Waals surface area contributed by atoms with Gasteiger partial charge >= 0.3 is 0 Å². The number of hydrogen-bond donors (Lipinski definition) is 1. The van der Waals surface area contributed by atoms with Crippen molar-refractivity contribution in [2.45, 2.75) is 12.5 Å². The molecular weight excluding hydrogens is 406 g/mol. The molecule has 2 N–H and O–H groups in total. The van der Waals surface area contributed by atoms with Crippen LogP contribution in [0, 0.1) is 0 Å². The van der Waals surface area contributed by atoms with E-state index in [1.54, 1.807) is 15.6 Å². The summed E-state index contributed by atoms with van der Waals surface area (Å²) in [4.78, 5) is 18.4. The van der Waals surface area contributed by atoms with Crippen LogP contribution >= 0.6 is 12.2 Å². The van der Waals surface area contributed by atoms with E-state index in [1.165, 1.54) is 0 Å². The van der Waals surface area contributed by atoms with Crippen molar-refractivity contribution in [1.29, 1.82) is 0 Å². The first-order valence-electron chi connectivity index (χ1n) is 9.92. The van der Waals surface area contributed by atoms with Crippen LogP contribution in [0.25, 0.3) is 16.6 Å². The van der Waals surface area contributed by atoms with Crippen LogP contribution in [0.1, 0.15) is 23.9 Å². The number of para-hydroxylation sites is 2. The molecule has 2 heterocycles. The molecule has 0 saturated carbocycles. The fourth-order valence-corrected chi connectivity index (χ4v) is 4.09. The van der Waals surface area contributed by atoms with Crippen LogP contribution in [-0.2, 0) is 0 Å². The second kappa shape index (κ2) is 7.77. The Kier molecular flexibility index (Phi) is 4.80. The van der Waals surface area contributed by atoms with Gasteiger partial charge in [0.05, 0.1) is 22.3 Å². The van der Waals surface area contributed by atoms with Gasteiger partial charge in [0.2, 0.25) is 0 Å². The second-order valence-electron chi connectivity index (χ2n) is 7.28. The van der Waals surface area contributed by atoms with Gasteiger partial charge in [0.1, 0.15) is 11.9 Å². The van der Waals surface area contributed by atoms with Crippen molar-refractivity contribution >= 4 is 33.9 Å². The summed E-state index contributed by atoms with van der Waals surface area (Å²) in [7, 11) is 0. The zero-order chi connectivity index (χ0) is 21.4. The molecule has 152 valence electrons. The van der Waals surface area contributed by atoms with E-state index in [1.807, 2.05) is 78.9 Å². The van der Waals surface area contributed by atoms with Gasteiger partial charge in [-0.2, -0.15) is 5.10 Å². The van der Waals surface area contributed by atoms with E-state index in [2.05, 4.69) is 5.10 Å². The molecule has 3 aromatic carbocycles. The normalized spacial score (nSPS) is 15.8. The number of thiocarbonyl (C=S) groups is 1. The largest absolute Gasteiger partial charge is 0.375 e. The maximum atomic E-state index is 13.5. The first kappa shape index (κ1) is 19.1. The van der Waals surface area contributed by atoms with E-state index in [9.17, 15) is 4.79 Å². The highest BCUT2D eigenvalue weighted by Gasteiger charge is 2.34. The Balaban J connectivity index is 1.72. The highest BCUT2D eigenvalue weighted by molar-refractivity contribution is 7.80. The van der Waals surface area contributed by atoms with Gasteiger partial charge in [-0.25, -0.2) is 9.99 Å². The Morgan fingerprint density at radius 2 is 1.58 bits per heavy atom. The minimum absolute atomic E-state index is 0.136. The van der Waals surface area contributed by atoms with Crippen LogP contribution in [0.4, 0.5) is 0 Å². The molecule has 1 aliphatic heterocycles. The third kappa shape index (κ3) is 3.39. The quantitative estimate of drug-likeness (QED) is 0.506. The van der Waals surface area contributed by atoms with E-state index in [4.69, 9.17) is 22.9 Å². The van der Waals surface area contributed by atoms with Crippen molar-refractivity contribution in [3.8, 4) is 5.69 Å². The SMILES string of the molecule is NC(=S)N1N=C(c2ccccc2)CC1c1nc2ccccc2c(=O)n1-c1ccccc1. The lowest BCUT2D eigenvalue weighted by Gasteiger charge is -2.24. The van der Waals surface area contributed by atoms with Gasteiger partial charge in [0.25, 0.3) is 5.56 Å². The van der Waals surface area contributed by atoms with Crippen molar-refractivity contribution in [1.82, 2.24) is 14.6 Å². The molecule has 0 radical (unpaired) electrons. The predicted octanol–water partition coefficient (Wildman–Crippen LogP) is 3.78. The second-order valence-corrected chi connectivity index (χ2v) is 7.70. The zero-order valence-corrected chi connectivity index (χ0v) is 17.4. The molecule has 7 heteroatoms. The predicted molar refractivity (Wildman–Crippen MR) is 126 cm³/mol. The number of nitrogens with zero attached hydrogens (tertiary/aromatic N) is 4. The number of fused-ring (bicyclic) bond motifs is 1. The molecule has 6 nitrogen and oxygen atoms in total. The highest BCUT2D eigenvalue weighted by Crippen LogP contribution is 2.32. The summed E-state index contributed by atoms with van der Waals surface area (Å²) in [5, 5.41) is 6.97. The molecule has 1 atom stereocenters. The summed E-state index contributed by atoms with van der Waals surface area (Å²) in [6.07, 6.45) is 0.527. The minimum Gasteiger partial charge on any atom is -0.375 e. The van der Waals surface area contributed by atoms with Crippen LogP contribution in [0.3, 0.4) is 0 Å². The average Bonchev–Trinajstić information content (AvgIpc) is 3.26. The lowest BCUT2D eigenvalue weighted by atomic mass is 10.0. The van der Waals surface area contributed by atoms with Gasteiger partial charge < -0.3 is 5.73 Å². The molecule has 0 saturated heterocycles. The molecule has 1 unspecified atom stereocenters. The number of nitrogens with two attached hydrogens (primary N) is 1. The van der Waals surface area contributed by atoms with Crippen molar-refractivity contribution in [3.63, 3.8) is 0 Å². The third-order valence-corrected chi connectivity index (χ3v) is 5.54. The molecule has 1 aliphatic rings. The van der Waals surface area contributed by atoms with Crippen LogP contribution in [0.5, 0.6) is 0 Å². The first-order chi connectivity index (χ1) is 15.1. The fraction of sp³-hybridized carbons (Fsp3) is 0.0833. The maximum absolute atomic E-state index is 13.5. The van der Waals surface area contributed by atoms with Crippen LogP contribution in [0.2, 0.25) is 0 Å². The number of rotatable bonds is 3. The lowest BCUT2D eigenvalue weighted by molar-refractivity contribution is 0.352. The highest BCUT2D eigenvalue weighted by atomic mass is 32.1. The van der Waals surface area contributed by atoms with Gasteiger partial charge in [-0.3, -0.25) is 9.36 Å². The summed E-state index contributed by atoms with van der Waals surface area (Å²) < 4.78 is 1.64. The molecule has 31 heavy (non-hydrogen) atoms. The molecular formula is C24H19N5OS. The molecule has 0 bridgehead atoms.